The van der Waals surface area contributed by atoms with Gasteiger partial charge >= 0.3 is 0 Å². The molecule has 0 saturated heterocycles. The summed E-state index contributed by atoms with van der Waals surface area (Å²) in [6.07, 6.45) is 3.46. The molecule has 1 rings (SSSR count). The quantitative estimate of drug-likeness (QED) is 0.798. The molecule has 102 valence electrons. The largest absolute Gasteiger partial charge is 0.315 e. The molecule has 0 amide bonds. The van der Waals surface area contributed by atoms with Crippen LogP contribution in [0.15, 0.2) is 30.3 Å². The van der Waals surface area contributed by atoms with Crippen molar-refractivity contribution in [3.63, 3.8) is 0 Å². The molecule has 0 aliphatic heterocycles. The van der Waals surface area contributed by atoms with Crippen LogP contribution in [0.1, 0.15) is 32.3 Å². The Morgan fingerprint density at radius 1 is 1.22 bits per heavy atom. The van der Waals surface area contributed by atoms with Crippen molar-refractivity contribution < 1.29 is 0 Å². The predicted octanol–water partition coefficient (Wildman–Crippen LogP) is 2.94. The fraction of sp³-hybridized carbons (Fsp3) is 0.625. The average molecular weight is 248 g/mol. The molecule has 1 aromatic rings. The van der Waals surface area contributed by atoms with E-state index in [1.807, 2.05) is 0 Å². The molecule has 2 heteroatoms. The van der Waals surface area contributed by atoms with Gasteiger partial charge in [-0.3, -0.25) is 0 Å². The summed E-state index contributed by atoms with van der Waals surface area (Å²) in [5.74, 6) is 0. The number of likely N-dealkylation sites (N-methyl/N-ethyl adjacent to an activating group) is 2. The van der Waals surface area contributed by atoms with Gasteiger partial charge in [-0.05, 0) is 52.9 Å². The van der Waals surface area contributed by atoms with Gasteiger partial charge in [-0.2, -0.15) is 0 Å². The van der Waals surface area contributed by atoms with Crippen molar-refractivity contribution in [3.05, 3.63) is 35.9 Å². The highest BCUT2D eigenvalue weighted by Crippen LogP contribution is 2.24. The first-order valence-corrected chi connectivity index (χ1v) is 6.93. The molecule has 0 fully saturated rings. The first-order valence-electron chi connectivity index (χ1n) is 6.93. The molecule has 18 heavy (non-hydrogen) atoms. The van der Waals surface area contributed by atoms with E-state index in [0.29, 0.717) is 6.04 Å². The Labute approximate surface area is 112 Å². The Morgan fingerprint density at radius 2 is 1.83 bits per heavy atom. The Balaban J connectivity index is 2.67. The zero-order valence-corrected chi connectivity index (χ0v) is 12.5. The van der Waals surface area contributed by atoms with Gasteiger partial charge in [0.25, 0.3) is 0 Å². The minimum absolute atomic E-state index is 0.212. The number of nitrogens with one attached hydrogen (secondary N) is 1. The first-order chi connectivity index (χ1) is 8.54. The molecule has 0 aliphatic rings. The molecule has 0 spiro atoms. The van der Waals surface area contributed by atoms with Gasteiger partial charge in [-0.15, -0.1) is 0 Å². The van der Waals surface area contributed by atoms with Crippen LogP contribution in [0.2, 0.25) is 0 Å². The Hall–Kier alpha value is -0.860. The highest BCUT2D eigenvalue weighted by Gasteiger charge is 2.33. The van der Waals surface area contributed by atoms with Crippen LogP contribution in [-0.4, -0.2) is 37.6 Å². The lowest BCUT2D eigenvalue weighted by Crippen LogP contribution is -2.56. The smallest absolute Gasteiger partial charge is 0.0325 e. The van der Waals surface area contributed by atoms with Gasteiger partial charge in [-0.1, -0.05) is 37.3 Å². The van der Waals surface area contributed by atoms with Crippen LogP contribution in [0.25, 0.3) is 0 Å². The number of rotatable bonds is 7. The minimum atomic E-state index is 0.212. The summed E-state index contributed by atoms with van der Waals surface area (Å²) in [7, 11) is 6.43. The van der Waals surface area contributed by atoms with Crippen molar-refractivity contribution in [2.75, 3.05) is 21.1 Å². The maximum Gasteiger partial charge on any atom is 0.0325 e. The van der Waals surface area contributed by atoms with Crippen LogP contribution in [0.5, 0.6) is 0 Å². The Kier molecular flexibility index (Phi) is 5.83. The topological polar surface area (TPSA) is 15.3 Å². The van der Waals surface area contributed by atoms with Crippen molar-refractivity contribution >= 4 is 0 Å². The van der Waals surface area contributed by atoms with E-state index in [2.05, 4.69) is 75.5 Å². The van der Waals surface area contributed by atoms with Gasteiger partial charge in [0.05, 0.1) is 0 Å². The first kappa shape index (κ1) is 15.2. The number of hydrogen-bond acceptors (Lipinski definition) is 2. The summed E-state index contributed by atoms with van der Waals surface area (Å²) in [6, 6.07) is 11.3. The van der Waals surface area contributed by atoms with E-state index in [1.165, 1.54) is 12.0 Å². The van der Waals surface area contributed by atoms with Crippen molar-refractivity contribution in [2.24, 2.45) is 0 Å². The molecule has 1 aromatic carbocycles. The molecule has 1 N–H and O–H groups in total. The molecule has 2 nitrogen and oxygen atoms in total. The molecule has 2 atom stereocenters. The fourth-order valence-corrected chi connectivity index (χ4v) is 2.60. The van der Waals surface area contributed by atoms with Crippen LogP contribution in [0, 0.1) is 0 Å². The molecule has 0 aromatic heterocycles. The number of nitrogens with zero attached hydrogens (tertiary/aromatic N) is 1. The van der Waals surface area contributed by atoms with Gasteiger partial charge in [-0.25, -0.2) is 0 Å². The lowest BCUT2D eigenvalue weighted by Gasteiger charge is -2.42. The predicted molar refractivity (Wildman–Crippen MR) is 80.0 cm³/mol. The van der Waals surface area contributed by atoms with E-state index in [1.54, 1.807) is 0 Å². The van der Waals surface area contributed by atoms with E-state index >= 15 is 0 Å². The van der Waals surface area contributed by atoms with E-state index in [4.69, 9.17) is 0 Å². The molecule has 0 saturated carbocycles. The van der Waals surface area contributed by atoms with Crippen LogP contribution in [-0.2, 0) is 6.42 Å². The highest BCUT2D eigenvalue weighted by atomic mass is 15.2. The monoisotopic (exact) mass is 248 g/mol. The third-order valence-corrected chi connectivity index (χ3v) is 4.40. The van der Waals surface area contributed by atoms with Crippen molar-refractivity contribution in [2.45, 2.75) is 44.7 Å². The second kappa shape index (κ2) is 6.91. The summed E-state index contributed by atoms with van der Waals surface area (Å²) >= 11 is 0. The minimum Gasteiger partial charge on any atom is -0.315 e. The Bertz CT molecular complexity index is 334. The molecule has 0 heterocycles. The van der Waals surface area contributed by atoms with Gasteiger partial charge in [0.15, 0.2) is 0 Å². The third-order valence-electron chi connectivity index (χ3n) is 4.40. The molecular formula is C16H28N2. The second-order valence-electron chi connectivity index (χ2n) is 5.47. The molecule has 0 aliphatic carbocycles. The number of aryl methyl sites for hydroxylation is 1. The van der Waals surface area contributed by atoms with Crippen molar-refractivity contribution in [3.8, 4) is 0 Å². The van der Waals surface area contributed by atoms with Crippen LogP contribution < -0.4 is 5.32 Å². The molecular weight excluding hydrogens is 220 g/mol. The Morgan fingerprint density at radius 3 is 2.28 bits per heavy atom. The van der Waals surface area contributed by atoms with Crippen LogP contribution >= 0.6 is 0 Å². The molecule has 0 bridgehead atoms. The van der Waals surface area contributed by atoms with E-state index in [9.17, 15) is 0 Å². The van der Waals surface area contributed by atoms with Gasteiger partial charge in [0.2, 0.25) is 0 Å². The maximum atomic E-state index is 3.50. The summed E-state index contributed by atoms with van der Waals surface area (Å²) in [5, 5.41) is 3.50. The molecule has 2 unspecified atom stereocenters. The maximum absolute atomic E-state index is 3.50. The zero-order chi connectivity index (χ0) is 13.6. The van der Waals surface area contributed by atoms with Crippen LogP contribution in [0.3, 0.4) is 0 Å². The van der Waals surface area contributed by atoms with Gasteiger partial charge in [0.1, 0.15) is 0 Å². The number of hydrogen-bond donors (Lipinski definition) is 1. The highest BCUT2D eigenvalue weighted by molar-refractivity contribution is 5.15. The average Bonchev–Trinajstić information content (AvgIpc) is 2.39. The van der Waals surface area contributed by atoms with Gasteiger partial charge in [0, 0.05) is 11.6 Å². The van der Waals surface area contributed by atoms with Crippen molar-refractivity contribution in [1.82, 2.24) is 10.2 Å². The lowest BCUT2D eigenvalue weighted by molar-refractivity contribution is 0.112. The second-order valence-corrected chi connectivity index (χ2v) is 5.47. The summed E-state index contributed by atoms with van der Waals surface area (Å²) in [6.45, 7) is 4.62. The van der Waals surface area contributed by atoms with E-state index < -0.39 is 0 Å². The normalized spacial score (nSPS) is 16.6. The third kappa shape index (κ3) is 3.56. The van der Waals surface area contributed by atoms with E-state index in [0.717, 1.165) is 12.8 Å². The SMILES string of the molecule is CCC(C)(C(CCc1ccccc1)NC)N(C)C. The summed E-state index contributed by atoms with van der Waals surface area (Å²) < 4.78 is 0. The van der Waals surface area contributed by atoms with Crippen molar-refractivity contribution in [1.29, 1.82) is 0 Å². The van der Waals surface area contributed by atoms with E-state index in [-0.39, 0.29) is 5.54 Å². The lowest BCUT2D eigenvalue weighted by atomic mass is 9.84. The number of benzene rings is 1. The zero-order valence-electron chi connectivity index (χ0n) is 12.5. The summed E-state index contributed by atoms with van der Waals surface area (Å²) in [5.41, 5.74) is 1.64. The fourth-order valence-electron chi connectivity index (χ4n) is 2.60. The van der Waals surface area contributed by atoms with Gasteiger partial charge < -0.3 is 10.2 Å². The summed E-state index contributed by atoms with van der Waals surface area (Å²) in [4.78, 5) is 2.35. The van der Waals surface area contributed by atoms with Crippen LogP contribution in [0.4, 0.5) is 0 Å². The standard InChI is InChI=1S/C16H28N2/c1-6-16(2,18(4)5)15(17-3)13-12-14-10-8-7-9-11-14/h7-11,15,17H,6,12-13H2,1-5H3. The molecule has 0 radical (unpaired) electrons.